The molecule has 6 nitrogen and oxygen atoms in total. The number of hydrogen-bond acceptors (Lipinski definition) is 4. The second-order valence-corrected chi connectivity index (χ2v) is 6.02. The largest absolute Gasteiger partial charge is 0.502 e. The summed E-state index contributed by atoms with van der Waals surface area (Å²) in [5.41, 5.74) is -1.07. The topological polar surface area (TPSA) is 76.7 Å². The van der Waals surface area contributed by atoms with E-state index in [1.807, 2.05) is 0 Å². The molecule has 0 aliphatic rings. The fourth-order valence-corrected chi connectivity index (χ4v) is 0.889. The van der Waals surface area contributed by atoms with E-state index in [1.165, 1.54) is 0 Å². The van der Waals surface area contributed by atoms with Crippen LogP contribution in [0.5, 0.6) is 0 Å². The molecule has 0 fully saturated rings. The third kappa shape index (κ3) is 9.47. The first-order valence-corrected chi connectivity index (χ1v) is 5.95. The third-order valence-corrected chi connectivity index (χ3v) is 1.77. The lowest BCUT2D eigenvalue weighted by atomic mass is 9.62. The molecule has 0 spiro atoms. The van der Waals surface area contributed by atoms with Crippen LogP contribution < -0.4 is 10.5 Å². The summed E-state index contributed by atoms with van der Waals surface area (Å²) in [4.78, 5) is 22.8. The minimum absolute atomic E-state index is 0.233. The minimum Gasteiger partial charge on any atom is -0.502 e. The normalized spacial score (nSPS) is 11.5. The van der Waals surface area contributed by atoms with Gasteiger partial charge in [-0.15, -0.1) is 0 Å². The summed E-state index contributed by atoms with van der Waals surface area (Å²) < 4.78 is 9.90. The summed E-state index contributed by atoms with van der Waals surface area (Å²) >= 11 is 0. The smallest absolute Gasteiger partial charge is 0.456 e. The predicted octanol–water partition coefficient (Wildman–Crippen LogP) is 0.378. The van der Waals surface area contributed by atoms with Gasteiger partial charge in [-0.05, 0) is 20.8 Å². The van der Waals surface area contributed by atoms with Gasteiger partial charge in [0.05, 0.1) is 0 Å². The van der Waals surface area contributed by atoms with Gasteiger partial charge in [0.25, 0.3) is 0 Å². The Morgan fingerprint density at radius 2 is 1.63 bits per heavy atom. The van der Waals surface area contributed by atoms with Gasteiger partial charge in [-0.3, -0.25) is 4.79 Å². The summed E-state index contributed by atoms with van der Waals surface area (Å²) in [5.74, 6) is -0.233. The van der Waals surface area contributed by atoms with Gasteiger partial charge >= 0.3 is 20.7 Å². The maximum Gasteiger partial charge on any atom is 0.456 e. The van der Waals surface area contributed by atoms with Gasteiger partial charge < -0.3 is 19.8 Å². The SMILES string of the molecule is [B]B(OC(=O)N[B]NC(=O)C(C)(C)C)OC(C)(C)C. The Kier molecular flexibility index (Phi) is 6.49. The molecule has 0 unspecified atom stereocenters. The van der Waals surface area contributed by atoms with Gasteiger partial charge in [-0.1, -0.05) is 20.8 Å². The molecule has 0 heterocycles. The molecule has 0 atom stereocenters. The maximum absolute atomic E-state index is 11.5. The fourth-order valence-electron chi connectivity index (χ4n) is 0.889. The molecule has 0 aliphatic carbocycles. The van der Waals surface area contributed by atoms with Crippen molar-refractivity contribution in [2.45, 2.75) is 47.1 Å². The monoisotopic (exact) mass is 265 g/mol. The van der Waals surface area contributed by atoms with Crippen LogP contribution in [0, 0.1) is 5.41 Å². The molecule has 0 saturated carbocycles. The van der Waals surface area contributed by atoms with E-state index in [2.05, 4.69) is 10.5 Å². The lowest BCUT2D eigenvalue weighted by Crippen LogP contribution is -2.47. The van der Waals surface area contributed by atoms with Crippen LogP contribution in [-0.2, 0) is 14.1 Å². The van der Waals surface area contributed by atoms with Crippen molar-refractivity contribution in [1.29, 1.82) is 0 Å². The number of carbonyl (C=O) groups excluding carboxylic acids is 2. The van der Waals surface area contributed by atoms with Gasteiger partial charge in [-0.25, -0.2) is 4.79 Å². The number of rotatable bonds is 4. The van der Waals surface area contributed by atoms with Gasteiger partial charge in [-0.2, -0.15) is 0 Å². The third-order valence-electron chi connectivity index (χ3n) is 1.77. The Morgan fingerprint density at radius 3 is 2.05 bits per heavy atom. The van der Waals surface area contributed by atoms with E-state index < -0.39 is 24.1 Å². The van der Waals surface area contributed by atoms with E-state index in [4.69, 9.17) is 17.0 Å². The Labute approximate surface area is 117 Å². The van der Waals surface area contributed by atoms with Crippen LogP contribution in [-0.4, -0.2) is 39.9 Å². The number of carbonyl (C=O) groups is 2. The summed E-state index contributed by atoms with van der Waals surface area (Å²) in [6, 6.07) is 0. The number of nitrogens with one attached hydrogen (secondary N) is 2. The zero-order valence-electron chi connectivity index (χ0n) is 12.4. The van der Waals surface area contributed by atoms with Crippen molar-refractivity contribution in [2.24, 2.45) is 5.41 Å². The van der Waals surface area contributed by atoms with Crippen molar-refractivity contribution in [2.75, 3.05) is 0 Å². The highest BCUT2D eigenvalue weighted by molar-refractivity contribution is 6.96. The van der Waals surface area contributed by atoms with Crippen LogP contribution in [0.25, 0.3) is 0 Å². The van der Waals surface area contributed by atoms with Crippen LogP contribution in [0.1, 0.15) is 41.5 Å². The van der Waals surface area contributed by atoms with Crippen LogP contribution in [0.3, 0.4) is 0 Å². The first-order valence-electron chi connectivity index (χ1n) is 5.95. The van der Waals surface area contributed by atoms with E-state index in [0.29, 0.717) is 0 Å². The highest BCUT2D eigenvalue weighted by Crippen LogP contribution is 2.11. The van der Waals surface area contributed by atoms with Gasteiger partial charge in [0.2, 0.25) is 5.91 Å². The molecule has 2 N–H and O–H groups in total. The summed E-state index contributed by atoms with van der Waals surface area (Å²) in [6.07, 6.45) is -0.814. The molecule has 0 aromatic heterocycles. The molecule has 103 valence electrons. The van der Waals surface area contributed by atoms with Gasteiger partial charge in [0.15, 0.2) is 0 Å². The second-order valence-electron chi connectivity index (χ2n) is 6.02. The molecule has 19 heavy (non-hydrogen) atoms. The van der Waals surface area contributed by atoms with Gasteiger partial charge in [0, 0.05) is 11.0 Å². The molecule has 0 aliphatic heterocycles. The van der Waals surface area contributed by atoms with Crippen LogP contribution >= 0.6 is 0 Å². The summed E-state index contributed by atoms with van der Waals surface area (Å²) in [5, 5.41) is 4.64. The minimum atomic E-state index is -1.17. The average Bonchev–Trinajstić information content (AvgIpc) is 2.12. The van der Waals surface area contributed by atoms with Crippen LogP contribution in [0.15, 0.2) is 0 Å². The molecule has 0 rings (SSSR count). The fraction of sp³-hybridized carbons (Fsp3) is 0.800. The van der Waals surface area contributed by atoms with Crippen LogP contribution in [0.2, 0.25) is 0 Å². The molecular formula is C10H20B3N2O4. The molecule has 0 bridgehead atoms. The Balaban J connectivity index is 3.92. The lowest BCUT2D eigenvalue weighted by molar-refractivity contribution is -0.126. The van der Waals surface area contributed by atoms with Crippen LogP contribution in [0.4, 0.5) is 4.79 Å². The number of hydrogen-bond donors (Lipinski definition) is 2. The number of amides is 2. The van der Waals surface area contributed by atoms with Gasteiger partial charge in [0.1, 0.15) is 7.74 Å². The predicted molar refractivity (Wildman–Crippen MR) is 75.3 cm³/mol. The molecular weight excluding hydrogens is 245 g/mol. The lowest BCUT2D eigenvalue weighted by Gasteiger charge is -2.23. The Bertz CT molecular complexity index is 326. The van der Waals surface area contributed by atoms with Crippen molar-refractivity contribution >= 4 is 34.3 Å². The van der Waals surface area contributed by atoms with E-state index in [1.54, 1.807) is 41.5 Å². The van der Waals surface area contributed by atoms with Crippen molar-refractivity contribution in [3.8, 4) is 0 Å². The quantitative estimate of drug-likeness (QED) is 0.720. The Morgan fingerprint density at radius 1 is 1.11 bits per heavy atom. The first-order chi connectivity index (χ1) is 8.42. The summed E-state index contributed by atoms with van der Waals surface area (Å²) in [7, 11) is 5.38. The van der Waals surface area contributed by atoms with Crippen molar-refractivity contribution < 1.29 is 18.9 Å². The molecule has 9 heteroatoms. The van der Waals surface area contributed by atoms with E-state index >= 15 is 0 Å². The highest BCUT2D eigenvalue weighted by Gasteiger charge is 2.24. The zero-order chi connectivity index (χ0) is 15.3. The molecule has 0 saturated heterocycles. The zero-order valence-corrected chi connectivity index (χ0v) is 12.4. The van der Waals surface area contributed by atoms with E-state index in [9.17, 15) is 9.59 Å². The maximum atomic E-state index is 11.5. The molecule has 0 aromatic rings. The standard InChI is InChI=1S/C10H20B3N2O4/c1-9(2,3)7(16)14-12-15-8(17)18-13(11)19-10(4,5)6/h1-6H3,(H,14,16)(H,15,17). The molecule has 0 aromatic carbocycles. The second kappa shape index (κ2) is 6.89. The van der Waals surface area contributed by atoms with Crippen molar-refractivity contribution in [1.82, 2.24) is 10.5 Å². The Hall–Kier alpha value is -1.11. The van der Waals surface area contributed by atoms with E-state index in [-0.39, 0.29) is 5.91 Å². The van der Waals surface area contributed by atoms with Crippen molar-refractivity contribution in [3.05, 3.63) is 0 Å². The molecule has 2 amide bonds. The first kappa shape index (κ1) is 17.9. The average molecular weight is 265 g/mol. The van der Waals surface area contributed by atoms with E-state index in [0.717, 1.165) is 7.55 Å². The molecule has 3 radical (unpaired) electrons. The highest BCUT2D eigenvalue weighted by atomic mass is 16.6. The summed E-state index contributed by atoms with van der Waals surface area (Å²) in [6.45, 7) is 10.6. The van der Waals surface area contributed by atoms with Crippen molar-refractivity contribution in [3.63, 3.8) is 0 Å².